The molecule has 1 unspecified atom stereocenters. The Hall–Kier alpha value is -1.65. The Bertz CT molecular complexity index is 608. The number of hydrogen-bond acceptors (Lipinski definition) is 2. The molecule has 0 aromatic heterocycles. The lowest BCUT2D eigenvalue weighted by Crippen LogP contribution is -2.27. The van der Waals surface area contributed by atoms with Crippen molar-refractivity contribution in [2.24, 2.45) is 0 Å². The third-order valence-corrected chi connectivity index (χ3v) is 4.08. The van der Waals surface area contributed by atoms with Crippen molar-refractivity contribution in [1.29, 1.82) is 0 Å². The number of rotatable bonds is 6. The monoisotopic (exact) mass is 360 g/mol. The van der Waals surface area contributed by atoms with Gasteiger partial charge in [0.2, 0.25) is 0 Å². The van der Waals surface area contributed by atoms with E-state index in [0.29, 0.717) is 11.6 Å². The quantitative estimate of drug-likeness (QED) is 0.827. The van der Waals surface area contributed by atoms with Crippen LogP contribution in [0.25, 0.3) is 0 Å². The molecule has 2 rings (SSSR count). The molecule has 0 bridgehead atoms. The van der Waals surface area contributed by atoms with Crippen LogP contribution in [0.2, 0.25) is 0 Å². The van der Waals surface area contributed by atoms with Crippen molar-refractivity contribution in [2.75, 3.05) is 7.05 Å². The van der Waals surface area contributed by atoms with Gasteiger partial charge in [0.05, 0.1) is 0 Å². The van der Waals surface area contributed by atoms with Gasteiger partial charge in [0.1, 0.15) is 0 Å². The van der Waals surface area contributed by atoms with Crippen molar-refractivity contribution < 1.29 is 4.79 Å². The van der Waals surface area contributed by atoms with Gasteiger partial charge >= 0.3 is 0 Å². The molecular weight excluding hydrogens is 340 g/mol. The molecule has 0 saturated heterocycles. The molecular formula is C18H21BrN2O. The normalized spacial score (nSPS) is 12.0. The smallest absolute Gasteiger partial charge is 0.251 e. The molecule has 2 aromatic rings. The summed E-state index contributed by atoms with van der Waals surface area (Å²) in [7, 11) is 1.64. The van der Waals surface area contributed by atoms with Gasteiger partial charge in [-0.3, -0.25) is 4.79 Å². The summed E-state index contributed by atoms with van der Waals surface area (Å²) in [5, 5.41) is 6.14. The summed E-state index contributed by atoms with van der Waals surface area (Å²) >= 11 is 3.45. The number of nitrogens with one attached hydrogen (secondary N) is 2. The summed E-state index contributed by atoms with van der Waals surface area (Å²) in [4.78, 5) is 11.5. The highest BCUT2D eigenvalue weighted by Gasteiger charge is 2.05. The molecule has 1 atom stereocenters. The summed E-state index contributed by atoms with van der Waals surface area (Å²) in [6, 6.07) is 16.5. The minimum Gasteiger partial charge on any atom is -0.355 e. The zero-order valence-electron chi connectivity index (χ0n) is 12.9. The van der Waals surface area contributed by atoms with E-state index in [1.54, 1.807) is 7.05 Å². The highest BCUT2D eigenvalue weighted by Crippen LogP contribution is 2.12. The zero-order valence-corrected chi connectivity index (χ0v) is 14.5. The Morgan fingerprint density at radius 1 is 1.05 bits per heavy atom. The zero-order chi connectivity index (χ0) is 15.9. The lowest BCUT2D eigenvalue weighted by Gasteiger charge is -2.14. The van der Waals surface area contributed by atoms with Crippen LogP contribution in [0.5, 0.6) is 0 Å². The first-order valence-electron chi connectivity index (χ1n) is 7.37. The third-order valence-electron chi connectivity index (χ3n) is 3.55. The van der Waals surface area contributed by atoms with E-state index in [-0.39, 0.29) is 5.91 Å². The number of amides is 1. The van der Waals surface area contributed by atoms with E-state index in [2.05, 4.69) is 57.8 Å². The van der Waals surface area contributed by atoms with Crippen LogP contribution >= 0.6 is 15.9 Å². The topological polar surface area (TPSA) is 41.1 Å². The molecule has 0 aliphatic heterocycles. The summed E-state index contributed by atoms with van der Waals surface area (Å²) in [5.74, 6) is -0.0527. The molecule has 0 saturated carbocycles. The first-order chi connectivity index (χ1) is 10.6. The van der Waals surface area contributed by atoms with Crippen molar-refractivity contribution in [2.45, 2.75) is 25.9 Å². The predicted octanol–water partition coefficient (Wildman–Crippen LogP) is 3.53. The first kappa shape index (κ1) is 16.7. The highest BCUT2D eigenvalue weighted by molar-refractivity contribution is 9.10. The molecule has 2 N–H and O–H groups in total. The van der Waals surface area contributed by atoms with E-state index in [1.165, 1.54) is 11.1 Å². The Balaban J connectivity index is 1.84. The van der Waals surface area contributed by atoms with E-state index in [0.717, 1.165) is 17.4 Å². The van der Waals surface area contributed by atoms with Gasteiger partial charge in [-0.05, 0) is 48.7 Å². The molecule has 1 amide bonds. The van der Waals surface area contributed by atoms with Crippen LogP contribution in [0.1, 0.15) is 28.4 Å². The van der Waals surface area contributed by atoms with Gasteiger partial charge < -0.3 is 10.6 Å². The SMILES string of the molecule is CNC(=O)c1ccc(CNC(C)Cc2ccc(Br)cc2)cc1. The van der Waals surface area contributed by atoms with E-state index in [9.17, 15) is 4.79 Å². The second-order valence-corrected chi connectivity index (χ2v) is 6.30. The molecule has 2 aromatic carbocycles. The predicted molar refractivity (Wildman–Crippen MR) is 94.0 cm³/mol. The summed E-state index contributed by atoms with van der Waals surface area (Å²) in [5.41, 5.74) is 3.18. The van der Waals surface area contributed by atoms with Crippen molar-refractivity contribution >= 4 is 21.8 Å². The van der Waals surface area contributed by atoms with Gasteiger partial charge in [0, 0.05) is 29.7 Å². The number of carbonyl (C=O) groups is 1. The van der Waals surface area contributed by atoms with Crippen molar-refractivity contribution in [3.63, 3.8) is 0 Å². The Morgan fingerprint density at radius 2 is 1.64 bits per heavy atom. The van der Waals surface area contributed by atoms with Gasteiger partial charge in [0.15, 0.2) is 0 Å². The van der Waals surface area contributed by atoms with Gasteiger partial charge in [0.25, 0.3) is 5.91 Å². The number of halogens is 1. The average molecular weight is 361 g/mol. The van der Waals surface area contributed by atoms with Crippen LogP contribution in [0, 0.1) is 0 Å². The minimum absolute atomic E-state index is 0.0527. The van der Waals surface area contributed by atoms with E-state index in [4.69, 9.17) is 0 Å². The molecule has 116 valence electrons. The number of hydrogen-bond donors (Lipinski definition) is 2. The summed E-state index contributed by atoms with van der Waals surface area (Å²) in [6.45, 7) is 2.98. The molecule has 4 heteroatoms. The van der Waals surface area contributed by atoms with Gasteiger partial charge in [-0.1, -0.05) is 40.2 Å². The maximum atomic E-state index is 11.5. The fourth-order valence-corrected chi connectivity index (χ4v) is 2.52. The minimum atomic E-state index is -0.0527. The third kappa shape index (κ3) is 4.97. The Kier molecular flexibility index (Phi) is 6.16. The summed E-state index contributed by atoms with van der Waals surface area (Å²) in [6.07, 6.45) is 0.990. The van der Waals surface area contributed by atoms with Crippen molar-refractivity contribution in [3.05, 3.63) is 69.7 Å². The van der Waals surface area contributed by atoms with Crippen molar-refractivity contribution in [1.82, 2.24) is 10.6 Å². The van der Waals surface area contributed by atoms with E-state index < -0.39 is 0 Å². The standard InChI is InChI=1S/C18H21BrN2O/c1-13(11-14-5-9-17(19)10-6-14)21-12-15-3-7-16(8-4-15)18(22)20-2/h3-10,13,21H,11-12H2,1-2H3,(H,20,22). The molecule has 0 fully saturated rings. The van der Waals surface area contributed by atoms with Crippen LogP contribution in [0.3, 0.4) is 0 Å². The van der Waals surface area contributed by atoms with Crippen LogP contribution in [0.15, 0.2) is 53.0 Å². The highest BCUT2D eigenvalue weighted by atomic mass is 79.9. The fraction of sp³-hybridized carbons (Fsp3) is 0.278. The molecule has 22 heavy (non-hydrogen) atoms. The maximum Gasteiger partial charge on any atom is 0.251 e. The lowest BCUT2D eigenvalue weighted by atomic mass is 10.1. The van der Waals surface area contributed by atoms with Gasteiger partial charge in [-0.25, -0.2) is 0 Å². The largest absolute Gasteiger partial charge is 0.355 e. The van der Waals surface area contributed by atoms with Crippen LogP contribution in [-0.4, -0.2) is 19.0 Å². The molecule has 0 aliphatic carbocycles. The Labute approximate surface area is 140 Å². The number of benzene rings is 2. The number of carbonyl (C=O) groups excluding carboxylic acids is 1. The lowest BCUT2D eigenvalue weighted by molar-refractivity contribution is 0.0963. The van der Waals surface area contributed by atoms with Crippen molar-refractivity contribution in [3.8, 4) is 0 Å². The maximum absolute atomic E-state index is 11.5. The van der Waals surface area contributed by atoms with E-state index in [1.807, 2.05) is 24.3 Å². The second kappa shape index (κ2) is 8.11. The van der Waals surface area contributed by atoms with Crippen LogP contribution < -0.4 is 10.6 Å². The molecule has 0 heterocycles. The molecule has 3 nitrogen and oxygen atoms in total. The van der Waals surface area contributed by atoms with Crippen LogP contribution in [-0.2, 0) is 13.0 Å². The average Bonchev–Trinajstić information content (AvgIpc) is 2.55. The van der Waals surface area contributed by atoms with Crippen LogP contribution in [0.4, 0.5) is 0 Å². The van der Waals surface area contributed by atoms with E-state index >= 15 is 0 Å². The molecule has 0 radical (unpaired) electrons. The first-order valence-corrected chi connectivity index (χ1v) is 8.16. The molecule has 0 aliphatic rings. The van der Waals surface area contributed by atoms with Gasteiger partial charge in [-0.2, -0.15) is 0 Å². The summed E-state index contributed by atoms with van der Waals surface area (Å²) < 4.78 is 1.10. The fourth-order valence-electron chi connectivity index (χ4n) is 2.26. The van der Waals surface area contributed by atoms with Gasteiger partial charge in [-0.15, -0.1) is 0 Å². The second-order valence-electron chi connectivity index (χ2n) is 5.39. The molecule has 0 spiro atoms. The Morgan fingerprint density at radius 3 is 2.23 bits per heavy atom.